The molecule has 3 aliphatic rings. The van der Waals surface area contributed by atoms with E-state index in [9.17, 15) is 0 Å². The summed E-state index contributed by atoms with van der Waals surface area (Å²) in [5.74, 6) is 1.02. The van der Waals surface area contributed by atoms with Gasteiger partial charge in [0.1, 0.15) is 5.01 Å². The van der Waals surface area contributed by atoms with Crippen LogP contribution in [0.3, 0.4) is 0 Å². The molecule has 0 bridgehead atoms. The molecular formula is C18H29N3OS. The van der Waals surface area contributed by atoms with Gasteiger partial charge in [-0.1, -0.05) is 0 Å². The summed E-state index contributed by atoms with van der Waals surface area (Å²) in [5, 5.41) is 3.33. The van der Waals surface area contributed by atoms with Gasteiger partial charge >= 0.3 is 0 Å². The fourth-order valence-electron chi connectivity index (χ4n) is 4.54. The van der Waals surface area contributed by atoms with E-state index in [1.54, 1.807) is 11.3 Å². The van der Waals surface area contributed by atoms with Crippen LogP contribution in [0.15, 0.2) is 11.6 Å². The Bertz CT molecular complexity index is 494. The van der Waals surface area contributed by atoms with Gasteiger partial charge in [-0.15, -0.1) is 11.3 Å². The van der Waals surface area contributed by atoms with Crippen molar-refractivity contribution in [3.8, 4) is 0 Å². The van der Waals surface area contributed by atoms with E-state index in [1.165, 1.54) is 63.3 Å². The van der Waals surface area contributed by atoms with Crippen LogP contribution in [0.5, 0.6) is 0 Å². The van der Waals surface area contributed by atoms with Crippen molar-refractivity contribution in [2.75, 3.05) is 39.9 Å². The van der Waals surface area contributed by atoms with Crippen LogP contribution in [0.4, 0.5) is 0 Å². The Balaban J connectivity index is 1.37. The lowest BCUT2D eigenvalue weighted by Crippen LogP contribution is -2.42. The smallest absolute Gasteiger partial charge is 0.107 e. The summed E-state index contributed by atoms with van der Waals surface area (Å²) in [5.41, 5.74) is 0.528. The second kappa shape index (κ2) is 6.79. The lowest BCUT2D eigenvalue weighted by atomic mass is 9.76. The minimum absolute atomic E-state index is 0.528. The second-order valence-electron chi connectivity index (χ2n) is 7.89. The maximum Gasteiger partial charge on any atom is 0.107 e. The third kappa shape index (κ3) is 3.78. The Hall–Kier alpha value is -0.490. The normalized spacial score (nSPS) is 28.7. The number of nitrogens with zero attached hydrogens (tertiary/aromatic N) is 3. The lowest BCUT2D eigenvalue weighted by molar-refractivity contribution is 0.103. The highest BCUT2D eigenvalue weighted by molar-refractivity contribution is 7.09. The highest BCUT2D eigenvalue weighted by Gasteiger charge is 2.45. The van der Waals surface area contributed by atoms with E-state index in [2.05, 4.69) is 20.2 Å². The van der Waals surface area contributed by atoms with E-state index in [0.717, 1.165) is 19.1 Å². The largest absolute Gasteiger partial charge is 0.383 e. The van der Waals surface area contributed by atoms with Crippen molar-refractivity contribution in [3.05, 3.63) is 16.6 Å². The van der Waals surface area contributed by atoms with Crippen molar-refractivity contribution in [1.82, 2.24) is 14.8 Å². The van der Waals surface area contributed by atoms with Crippen molar-refractivity contribution < 1.29 is 4.74 Å². The molecule has 1 saturated carbocycles. The summed E-state index contributed by atoms with van der Waals surface area (Å²) in [4.78, 5) is 9.85. The van der Waals surface area contributed by atoms with Crippen LogP contribution in [0.2, 0.25) is 0 Å². The molecule has 1 atom stereocenters. The maximum absolute atomic E-state index is 5.52. The number of rotatable bonds is 6. The Kier molecular flexibility index (Phi) is 4.72. The SMILES string of the molecule is COCC1CC2(CCN(CC3CC3)CC2)CN1Cc1nccs1. The van der Waals surface area contributed by atoms with E-state index in [-0.39, 0.29) is 0 Å². The number of piperidine rings is 1. The first-order chi connectivity index (χ1) is 11.3. The van der Waals surface area contributed by atoms with Crippen molar-refractivity contribution in [2.45, 2.75) is 44.7 Å². The van der Waals surface area contributed by atoms with Gasteiger partial charge in [0.15, 0.2) is 0 Å². The highest BCUT2D eigenvalue weighted by Crippen LogP contribution is 2.44. The number of ether oxygens (including phenoxy) is 1. The number of hydrogen-bond acceptors (Lipinski definition) is 5. The second-order valence-corrected chi connectivity index (χ2v) is 8.87. The summed E-state index contributed by atoms with van der Waals surface area (Å²) in [6, 6.07) is 0.568. The van der Waals surface area contributed by atoms with Crippen molar-refractivity contribution >= 4 is 11.3 Å². The van der Waals surface area contributed by atoms with Gasteiger partial charge in [0.25, 0.3) is 0 Å². The topological polar surface area (TPSA) is 28.6 Å². The Morgan fingerprint density at radius 3 is 2.83 bits per heavy atom. The third-order valence-corrected chi connectivity index (χ3v) is 6.80. The van der Waals surface area contributed by atoms with E-state index in [4.69, 9.17) is 4.74 Å². The molecule has 0 amide bonds. The average molecular weight is 336 g/mol. The molecular weight excluding hydrogens is 306 g/mol. The molecule has 23 heavy (non-hydrogen) atoms. The first kappa shape index (κ1) is 16.0. The van der Waals surface area contributed by atoms with Crippen LogP contribution in [0, 0.1) is 11.3 Å². The summed E-state index contributed by atoms with van der Waals surface area (Å²) in [7, 11) is 1.84. The molecule has 0 radical (unpaired) electrons. The van der Waals surface area contributed by atoms with Crippen LogP contribution < -0.4 is 0 Å². The van der Waals surface area contributed by atoms with E-state index in [1.807, 2.05) is 13.3 Å². The average Bonchev–Trinajstić information content (AvgIpc) is 3.10. The van der Waals surface area contributed by atoms with Gasteiger partial charge in [0.2, 0.25) is 0 Å². The molecule has 128 valence electrons. The Morgan fingerprint density at radius 1 is 1.35 bits per heavy atom. The number of aromatic nitrogens is 1. The fraction of sp³-hybridized carbons (Fsp3) is 0.833. The van der Waals surface area contributed by atoms with E-state index < -0.39 is 0 Å². The monoisotopic (exact) mass is 335 g/mol. The van der Waals surface area contributed by atoms with Gasteiger partial charge in [0, 0.05) is 37.8 Å². The quantitative estimate of drug-likeness (QED) is 0.799. The molecule has 1 aromatic rings. The Labute approximate surface area is 143 Å². The maximum atomic E-state index is 5.52. The Morgan fingerprint density at radius 2 is 2.17 bits per heavy atom. The van der Waals surface area contributed by atoms with Gasteiger partial charge in [-0.3, -0.25) is 4.90 Å². The minimum Gasteiger partial charge on any atom is -0.383 e. The molecule has 5 heteroatoms. The van der Waals surface area contributed by atoms with Crippen LogP contribution >= 0.6 is 11.3 Å². The van der Waals surface area contributed by atoms with Gasteiger partial charge in [-0.2, -0.15) is 0 Å². The third-order valence-electron chi connectivity index (χ3n) is 6.03. The van der Waals surface area contributed by atoms with Crippen molar-refractivity contribution in [1.29, 1.82) is 0 Å². The predicted octanol–water partition coefficient (Wildman–Crippen LogP) is 2.86. The molecule has 3 heterocycles. The molecule has 2 aliphatic heterocycles. The molecule has 1 aliphatic carbocycles. The summed E-state index contributed by atoms with van der Waals surface area (Å²) >= 11 is 1.78. The summed E-state index contributed by atoms with van der Waals surface area (Å²) < 4.78 is 5.52. The van der Waals surface area contributed by atoms with Crippen LogP contribution in [-0.2, 0) is 11.3 Å². The molecule has 4 nitrogen and oxygen atoms in total. The van der Waals surface area contributed by atoms with Crippen molar-refractivity contribution in [2.24, 2.45) is 11.3 Å². The van der Waals surface area contributed by atoms with Gasteiger partial charge in [-0.25, -0.2) is 4.98 Å². The van der Waals surface area contributed by atoms with Crippen LogP contribution in [-0.4, -0.2) is 60.7 Å². The molecule has 0 aromatic carbocycles. The van der Waals surface area contributed by atoms with E-state index in [0.29, 0.717) is 11.5 Å². The standard InChI is InChI=1S/C18H29N3OS/c1-22-13-16-10-18(14-21(16)12-17-19-6-9-23-17)4-7-20(8-5-18)11-15-2-3-15/h6,9,15-16H,2-5,7-8,10-14H2,1H3. The molecule has 0 N–H and O–H groups in total. The number of thiazole rings is 1. The van der Waals surface area contributed by atoms with Crippen LogP contribution in [0.1, 0.15) is 37.1 Å². The molecule has 1 spiro atoms. The fourth-order valence-corrected chi connectivity index (χ4v) is 5.18. The summed E-state index contributed by atoms with van der Waals surface area (Å²) in [6.07, 6.45) is 8.91. The zero-order valence-electron chi connectivity index (χ0n) is 14.2. The number of hydrogen-bond donors (Lipinski definition) is 0. The molecule has 4 rings (SSSR count). The van der Waals surface area contributed by atoms with Crippen LogP contribution in [0.25, 0.3) is 0 Å². The number of methoxy groups -OCH3 is 1. The van der Waals surface area contributed by atoms with Gasteiger partial charge in [0.05, 0.1) is 13.2 Å². The predicted molar refractivity (Wildman–Crippen MR) is 93.6 cm³/mol. The first-order valence-electron chi connectivity index (χ1n) is 9.10. The molecule has 1 aromatic heterocycles. The lowest BCUT2D eigenvalue weighted by Gasteiger charge is -2.39. The minimum atomic E-state index is 0.528. The highest BCUT2D eigenvalue weighted by atomic mass is 32.1. The zero-order chi connectivity index (χ0) is 15.7. The van der Waals surface area contributed by atoms with Gasteiger partial charge < -0.3 is 9.64 Å². The first-order valence-corrected chi connectivity index (χ1v) is 9.98. The van der Waals surface area contributed by atoms with E-state index >= 15 is 0 Å². The number of likely N-dealkylation sites (tertiary alicyclic amines) is 2. The summed E-state index contributed by atoms with van der Waals surface area (Å²) in [6.45, 7) is 7.07. The van der Waals surface area contributed by atoms with Crippen molar-refractivity contribution in [3.63, 3.8) is 0 Å². The van der Waals surface area contributed by atoms with Gasteiger partial charge in [-0.05, 0) is 56.5 Å². The zero-order valence-corrected chi connectivity index (χ0v) is 15.1. The molecule has 1 unspecified atom stereocenters. The molecule has 3 fully saturated rings. The molecule has 2 saturated heterocycles.